The third-order valence-corrected chi connectivity index (χ3v) is 6.37. The lowest BCUT2D eigenvalue weighted by Gasteiger charge is -2.18. The lowest BCUT2D eigenvalue weighted by atomic mass is 9.92. The molecule has 7 heteroatoms. The Balaban J connectivity index is 1.75. The van der Waals surface area contributed by atoms with Gasteiger partial charge in [-0.05, 0) is 53.4 Å². The maximum atomic E-state index is 14.3. The van der Waals surface area contributed by atoms with Crippen molar-refractivity contribution in [1.82, 2.24) is 0 Å². The van der Waals surface area contributed by atoms with E-state index in [0.29, 0.717) is 16.6 Å². The second-order valence-electron chi connectivity index (χ2n) is 8.83. The first-order valence-corrected chi connectivity index (χ1v) is 12.2. The van der Waals surface area contributed by atoms with Crippen molar-refractivity contribution in [2.24, 2.45) is 5.41 Å². The summed E-state index contributed by atoms with van der Waals surface area (Å²) in [7, 11) is 0. The summed E-state index contributed by atoms with van der Waals surface area (Å²) >= 11 is 4.58. The Kier molecular flexibility index (Phi) is 8.32. The highest BCUT2D eigenvalue weighted by molar-refractivity contribution is 9.10. The van der Waals surface area contributed by atoms with E-state index < -0.39 is 11.1 Å². The molecular formula is C26H26BrFN2O2S. The Morgan fingerprint density at radius 1 is 0.970 bits per heavy atom. The standard InChI is InChI=1S/C26H26BrFN2O2S/c1-26(2,3)16-23(31)29-19-10-12-20(13-11-19)33-24(17-7-5-4-6-8-17)25(32)30-22-14-9-18(27)15-21(22)28/h4-15,24H,16H2,1-3H3,(H,29,31)(H,30,32). The Labute approximate surface area is 206 Å². The van der Waals surface area contributed by atoms with Gasteiger partial charge in [-0.2, -0.15) is 0 Å². The van der Waals surface area contributed by atoms with Crippen LogP contribution in [0.25, 0.3) is 0 Å². The third-order valence-electron chi connectivity index (χ3n) is 4.61. The van der Waals surface area contributed by atoms with Gasteiger partial charge in [-0.1, -0.05) is 67.0 Å². The number of nitrogens with one attached hydrogen (secondary N) is 2. The van der Waals surface area contributed by atoms with Crippen LogP contribution in [0.2, 0.25) is 0 Å². The second-order valence-corrected chi connectivity index (χ2v) is 10.9. The molecule has 2 amide bonds. The smallest absolute Gasteiger partial charge is 0.242 e. The minimum Gasteiger partial charge on any atom is -0.326 e. The number of hydrogen-bond donors (Lipinski definition) is 2. The van der Waals surface area contributed by atoms with Gasteiger partial charge < -0.3 is 10.6 Å². The minimum absolute atomic E-state index is 0.0408. The highest BCUT2D eigenvalue weighted by Gasteiger charge is 2.23. The molecule has 0 spiro atoms. The lowest BCUT2D eigenvalue weighted by Crippen LogP contribution is -2.20. The highest BCUT2D eigenvalue weighted by Crippen LogP contribution is 2.37. The minimum atomic E-state index is -0.587. The summed E-state index contributed by atoms with van der Waals surface area (Å²) in [6, 6.07) is 21.2. The molecule has 0 aromatic heterocycles. The Morgan fingerprint density at radius 3 is 2.24 bits per heavy atom. The fourth-order valence-electron chi connectivity index (χ4n) is 3.13. The predicted octanol–water partition coefficient (Wildman–Crippen LogP) is 7.44. The van der Waals surface area contributed by atoms with Gasteiger partial charge in [-0.25, -0.2) is 4.39 Å². The summed E-state index contributed by atoms with van der Waals surface area (Å²) in [5, 5.41) is 5.02. The molecule has 0 aliphatic heterocycles. The SMILES string of the molecule is CC(C)(C)CC(=O)Nc1ccc(SC(C(=O)Nc2ccc(Br)cc2F)c2ccccc2)cc1. The fraction of sp³-hybridized carbons (Fsp3) is 0.231. The van der Waals surface area contributed by atoms with Gasteiger partial charge in [0.1, 0.15) is 11.1 Å². The molecule has 3 aromatic carbocycles. The van der Waals surface area contributed by atoms with E-state index in [1.807, 2.05) is 75.4 Å². The number of hydrogen-bond acceptors (Lipinski definition) is 3. The van der Waals surface area contributed by atoms with E-state index in [1.165, 1.54) is 23.9 Å². The Hall–Kier alpha value is -2.64. The van der Waals surface area contributed by atoms with E-state index in [9.17, 15) is 14.0 Å². The van der Waals surface area contributed by atoms with Gasteiger partial charge in [0.15, 0.2) is 0 Å². The van der Waals surface area contributed by atoms with Crippen LogP contribution in [0.3, 0.4) is 0 Å². The molecule has 0 aliphatic rings. The molecule has 1 unspecified atom stereocenters. The second kappa shape index (κ2) is 11.0. The van der Waals surface area contributed by atoms with Crippen molar-refractivity contribution in [3.63, 3.8) is 0 Å². The van der Waals surface area contributed by atoms with E-state index >= 15 is 0 Å². The van der Waals surface area contributed by atoms with Gasteiger partial charge in [0, 0.05) is 21.5 Å². The van der Waals surface area contributed by atoms with Gasteiger partial charge in [-0.3, -0.25) is 9.59 Å². The molecule has 4 nitrogen and oxygen atoms in total. The largest absolute Gasteiger partial charge is 0.326 e. The Morgan fingerprint density at radius 2 is 1.64 bits per heavy atom. The van der Waals surface area contributed by atoms with Crippen molar-refractivity contribution < 1.29 is 14.0 Å². The van der Waals surface area contributed by atoms with Crippen molar-refractivity contribution in [3.05, 3.63) is 88.6 Å². The number of rotatable bonds is 7. The molecule has 3 rings (SSSR count). The number of carbonyl (C=O) groups excluding carboxylic acids is 2. The molecule has 0 fully saturated rings. The molecule has 2 N–H and O–H groups in total. The summed E-state index contributed by atoms with van der Waals surface area (Å²) in [5.41, 5.74) is 1.54. The van der Waals surface area contributed by atoms with Crippen LogP contribution in [-0.2, 0) is 9.59 Å². The third kappa shape index (κ3) is 7.72. The van der Waals surface area contributed by atoms with Crippen LogP contribution in [0, 0.1) is 11.2 Å². The van der Waals surface area contributed by atoms with Crippen molar-refractivity contribution in [3.8, 4) is 0 Å². The summed E-state index contributed by atoms with van der Waals surface area (Å²) in [4.78, 5) is 26.2. The van der Waals surface area contributed by atoms with Crippen LogP contribution in [0.5, 0.6) is 0 Å². The summed E-state index contributed by atoms with van der Waals surface area (Å²) < 4.78 is 14.9. The van der Waals surface area contributed by atoms with Gasteiger partial charge in [0.05, 0.1) is 5.69 Å². The first-order chi connectivity index (χ1) is 15.6. The van der Waals surface area contributed by atoms with Crippen molar-refractivity contribution in [2.75, 3.05) is 10.6 Å². The van der Waals surface area contributed by atoms with E-state index in [1.54, 1.807) is 6.07 Å². The van der Waals surface area contributed by atoms with Crippen molar-refractivity contribution in [1.29, 1.82) is 0 Å². The molecule has 0 saturated carbocycles. The van der Waals surface area contributed by atoms with E-state index in [2.05, 4.69) is 26.6 Å². The molecule has 3 aromatic rings. The number of benzene rings is 3. The molecule has 1 atom stereocenters. The number of amides is 2. The first kappa shape index (κ1) is 25.0. The topological polar surface area (TPSA) is 58.2 Å². The Bertz CT molecular complexity index is 1120. The maximum Gasteiger partial charge on any atom is 0.242 e. The van der Waals surface area contributed by atoms with Crippen LogP contribution in [-0.4, -0.2) is 11.8 Å². The van der Waals surface area contributed by atoms with Crippen LogP contribution >= 0.6 is 27.7 Å². The van der Waals surface area contributed by atoms with E-state index in [0.717, 1.165) is 10.5 Å². The van der Waals surface area contributed by atoms with Crippen molar-refractivity contribution >= 4 is 50.9 Å². The molecule has 0 bridgehead atoms. The maximum absolute atomic E-state index is 14.3. The van der Waals surface area contributed by atoms with Crippen LogP contribution < -0.4 is 10.6 Å². The molecule has 172 valence electrons. The van der Waals surface area contributed by atoms with Gasteiger partial charge in [0.2, 0.25) is 11.8 Å². The zero-order valence-corrected chi connectivity index (χ0v) is 21.1. The number of halogens is 2. The quantitative estimate of drug-likeness (QED) is 0.313. The first-order valence-electron chi connectivity index (χ1n) is 10.5. The molecule has 0 heterocycles. The monoisotopic (exact) mass is 528 g/mol. The summed E-state index contributed by atoms with van der Waals surface area (Å²) in [5.74, 6) is -0.874. The molecule has 0 radical (unpaired) electrons. The average molecular weight is 529 g/mol. The normalized spacial score (nSPS) is 12.2. The van der Waals surface area contributed by atoms with Gasteiger partial charge >= 0.3 is 0 Å². The average Bonchev–Trinajstić information content (AvgIpc) is 2.74. The van der Waals surface area contributed by atoms with E-state index in [-0.39, 0.29) is 22.9 Å². The highest BCUT2D eigenvalue weighted by atomic mass is 79.9. The zero-order chi connectivity index (χ0) is 24.0. The zero-order valence-electron chi connectivity index (χ0n) is 18.7. The predicted molar refractivity (Wildman–Crippen MR) is 137 cm³/mol. The fourth-order valence-corrected chi connectivity index (χ4v) is 4.49. The number of thioether (sulfide) groups is 1. The molecule has 0 saturated heterocycles. The summed E-state index contributed by atoms with van der Waals surface area (Å²) in [6.07, 6.45) is 0.423. The summed E-state index contributed by atoms with van der Waals surface area (Å²) in [6.45, 7) is 6.05. The van der Waals surface area contributed by atoms with Crippen LogP contribution in [0.1, 0.15) is 38.0 Å². The molecule has 33 heavy (non-hydrogen) atoms. The van der Waals surface area contributed by atoms with Crippen molar-refractivity contribution in [2.45, 2.75) is 37.3 Å². The molecule has 0 aliphatic carbocycles. The van der Waals surface area contributed by atoms with Gasteiger partial charge in [0.25, 0.3) is 0 Å². The number of carbonyl (C=O) groups is 2. The molecular weight excluding hydrogens is 503 g/mol. The number of anilines is 2. The van der Waals surface area contributed by atoms with E-state index in [4.69, 9.17) is 0 Å². The van der Waals surface area contributed by atoms with Crippen LogP contribution in [0.4, 0.5) is 15.8 Å². The van der Waals surface area contributed by atoms with Gasteiger partial charge in [-0.15, -0.1) is 11.8 Å². The lowest BCUT2D eigenvalue weighted by molar-refractivity contribution is -0.118. The van der Waals surface area contributed by atoms with Crippen LogP contribution in [0.15, 0.2) is 82.2 Å².